The number of amides is 2. The Labute approximate surface area is 127 Å². The van der Waals surface area contributed by atoms with Gasteiger partial charge in [-0.1, -0.05) is 41.9 Å². The van der Waals surface area contributed by atoms with Crippen molar-refractivity contribution in [1.29, 1.82) is 0 Å². The van der Waals surface area contributed by atoms with Crippen molar-refractivity contribution >= 4 is 23.4 Å². The number of nitrogens with two attached hydrogens (primary N) is 1. The molecule has 0 heterocycles. The maximum Gasteiger partial charge on any atom is 0.251 e. The van der Waals surface area contributed by atoms with Crippen LogP contribution in [0.2, 0.25) is 5.02 Å². The highest BCUT2D eigenvalue weighted by atomic mass is 35.5. The fourth-order valence-electron chi connectivity index (χ4n) is 1.95. The fourth-order valence-corrected chi connectivity index (χ4v) is 2.17. The van der Waals surface area contributed by atoms with Crippen LogP contribution in [-0.2, 0) is 11.2 Å². The summed E-state index contributed by atoms with van der Waals surface area (Å²) in [5.74, 6) is -0.916. The van der Waals surface area contributed by atoms with Crippen molar-refractivity contribution in [2.24, 2.45) is 5.73 Å². The van der Waals surface area contributed by atoms with Crippen molar-refractivity contribution in [3.8, 4) is 0 Å². The van der Waals surface area contributed by atoms with E-state index >= 15 is 0 Å². The van der Waals surface area contributed by atoms with Gasteiger partial charge in [0.15, 0.2) is 0 Å². The van der Waals surface area contributed by atoms with Crippen LogP contribution in [0.4, 0.5) is 0 Å². The third-order valence-electron chi connectivity index (χ3n) is 3.01. The van der Waals surface area contributed by atoms with Crippen LogP contribution in [0.15, 0.2) is 54.6 Å². The minimum absolute atomic E-state index is 0.300. The van der Waals surface area contributed by atoms with E-state index in [4.69, 9.17) is 17.3 Å². The number of carbonyl (C=O) groups is 2. The maximum absolute atomic E-state index is 12.1. The van der Waals surface area contributed by atoms with Gasteiger partial charge >= 0.3 is 0 Å². The molecule has 2 aromatic rings. The summed E-state index contributed by atoms with van der Waals surface area (Å²) in [6.45, 7) is 0. The molecule has 0 unspecified atom stereocenters. The Morgan fingerprint density at radius 1 is 1.10 bits per heavy atom. The molecule has 5 heteroatoms. The van der Waals surface area contributed by atoms with Crippen LogP contribution >= 0.6 is 11.6 Å². The van der Waals surface area contributed by atoms with Crippen LogP contribution in [0.25, 0.3) is 0 Å². The normalized spacial score (nSPS) is 11.7. The lowest BCUT2D eigenvalue weighted by Gasteiger charge is -2.15. The van der Waals surface area contributed by atoms with Gasteiger partial charge in [0.25, 0.3) is 5.91 Å². The van der Waals surface area contributed by atoms with Gasteiger partial charge in [-0.3, -0.25) is 9.59 Å². The van der Waals surface area contributed by atoms with Crippen molar-refractivity contribution in [2.75, 3.05) is 0 Å². The lowest BCUT2D eigenvalue weighted by molar-refractivity contribution is -0.119. The van der Waals surface area contributed by atoms with Gasteiger partial charge in [0.05, 0.1) is 0 Å². The summed E-state index contributed by atoms with van der Waals surface area (Å²) in [4.78, 5) is 23.6. The predicted octanol–water partition coefficient (Wildman–Crippen LogP) is 2.17. The Morgan fingerprint density at radius 3 is 2.43 bits per heavy atom. The number of halogens is 1. The summed E-state index contributed by atoms with van der Waals surface area (Å²) < 4.78 is 0. The fraction of sp³-hybridized carbons (Fsp3) is 0.125. The molecule has 0 saturated carbocycles. The summed E-state index contributed by atoms with van der Waals surface area (Å²) in [6, 6.07) is 15.0. The highest BCUT2D eigenvalue weighted by molar-refractivity contribution is 6.30. The minimum atomic E-state index is -0.781. The number of nitrogens with one attached hydrogen (secondary N) is 1. The number of hydrogen-bond acceptors (Lipinski definition) is 2. The van der Waals surface area contributed by atoms with Crippen LogP contribution in [0.5, 0.6) is 0 Å². The first-order chi connectivity index (χ1) is 10.1. The Hall–Kier alpha value is -2.33. The van der Waals surface area contributed by atoms with Crippen molar-refractivity contribution in [1.82, 2.24) is 5.32 Å². The van der Waals surface area contributed by atoms with Crippen molar-refractivity contribution in [3.05, 3.63) is 70.7 Å². The largest absolute Gasteiger partial charge is 0.368 e. The average molecular weight is 303 g/mol. The van der Waals surface area contributed by atoms with E-state index < -0.39 is 11.9 Å². The van der Waals surface area contributed by atoms with E-state index in [-0.39, 0.29) is 5.91 Å². The van der Waals surface area contributed by atoms with Gasteiger partial charge in [-0.2, -0.15) is 0 Å². The summed E-state index contributed by atoms with van der Waals surface area (Å²) >= 11 is 5.91. The SMILES string of the molecule is NC(=O)[C@@H](Cc1cccc(Cl)c1)NC(=O)c1ccccc1. The third-order valence-corrected chi connectivity index (χ3v) is 3.25. The zero-order valence-electron chi connectivity index (χ0n) is 11.3. The van der Waals surface area contributed by atoms with Crippen molar-refractivity contribution in [2.45, 2.75) is 12.5 Å². The molecule has 2 aromatic carbocycles. The second-order valence-electron chi connectivity index (χ2n) is 4.63. The van der Waals surface area contributed by atoms with Gasteiger partial charge < -0.3 is 11.1 Å². The number of hydrogen-bond donors (Lipinski definition) is 2. The van der Waals surface area contributed by atoms with Gasteiger partial charge in [0.2, 0.25) is 5.91 Å². The van der Waals surface area contributed by atoms with Crippen LogP contribution in [0.3, 0.4) is 0 Å². The van der Waals surface area contributed by atoms with Crippen LogP contribution in [0.1, 0.15) is 15.9 Å². The maximum atomic E-state index is 12.1. The van der Waals surface area contributed by atoms with Crippen LogP contribution < -0.4 is 11.1 Å². The van der Waals surface area contributed by atoms with E-state index in [1.54, 1.807) is 42.5 Å². The number of rotatable bonds is 5. The van der Waals surface area contributed by atoms with Gasteiger partial charge in [0, 0.05) is 17.0 Å². The van der Waals surface area contributed by atoms with Gasteiger partial charge in [-0.05, 0) is 29.8 Å². The molecule has 0 aromatic heterocycles. The lowest BCUT2D eigenvalue weighted by Crippen LogP contribution is -2.45. The minimum Gasteiger partial charge on any atom is -0.368 e. The zero-order chi connectivity index (χ0) is 15.2. The van der Waals surface area contributed by atoms with E-state index in [2.05, 4.69) is 5.32 Å². The van der Waals surface area contributed by atoms with E-state index in [1.165, 1.54) is 0 Å². The highest BCUT2D eigenvalue weighted by Crippen LogP contribution is 2.12. The number of carbonyl (C=O) groups excluding carboxylic acids is 2. The molecular weight excluding hydrogens is 288 g/mol. The van der Waals surface area contributed by atoms with Gasteiger partial charge in [-0.15, -0.1) is 0 Å². The Bertz CT molecular complexity index is 644. The third kappa shape index (κ3) is 4.33. The molecule has 0 bridgehead atoms. The first kappa shape index (κ1) is 15.1. The quantitative estimate of drug-likeness (QED) is 0.888. The summed E-state index contributed by atoms with van der Waals surface area (Å²) in [7, 11) is 0. The van der Waals surface area contributed by atoms with Gasteiger partial charge in [-0.25, -0.2) is 0 Å². The first-order valence-electron chi connectivity index (χ1n) is 6.46. The molecule has 0 spiro atoms. The standard InChI is InChI=1S/C16H15ClN2O2/c17-13-8-4-5-11(9-13)10-14(15(18)20)19-16(21)12-6-2-1-3-7-12/h1-9,14H,10H2,(H2,18,20)(H,19,21)/t14-/m1/s1. The van der Waals surface area contributed by atoms with Crippen molar-refractivity contribution in [3.63, 3.8) is 0 Å². The summed E-state index contributed by atoms with van der Waals surface area (Å²) in [5.41, 5.74) is 6.68. The zero-order valence-corrected chi connectivity index (χ0v) is 12.0. The van der Waals surface area contributed by atoms with E-state index in [0.717, 1.165) is 5.56 Å². The topological polar surface area (TPSA) is 72.2 Å². The van der Waals surface area contributed by atoms with E-state index in [0.29, 0.717) is 17.0 Å². The molecule has 0 aliphatic carbocycles. The molecule has 0 aliphatic rings. The summed E-state index contributed by atoms with van der Waals surface area (Å²) in [5, 5.41) is 3.22. The number of primary amides is 1. The number of benzene rings is 2. The van der Waals surface area contributed by atoms with E-state index in [1.807, 2.05) is 12.1 Å². The van der Waals surface area contributed by atoms with Gasteiger partial charge in [0.1, 0.15) is 6.04 Å². The van der Waals surface area contributed by atoms with Crippen LogP contribution in [-0.4, -0.2) is 17.9 Å². The molecule has 2 rings (SSSR count). The molecule has 3 N–H and O–H groups in total. The molecule has 0 saturated heterocycles. The first-order valence-corrected chi connectivity index (χ1v) is 6.84. The monoisotopic (exact) mass is 302 g/mol. The molecular formula is C16H15ClN2O2. The molecule has 2 amide bonds. The molecule has 108 valence electrons. The molecule has 21 heavy (non-hydrogen) atoms. The van der Waals surface area contributed by atoms with Crippen LogP contribution in [0, 0.1) is 0 Å². The Morgan fingerprint density at radius 2 is 1.81 bits per heavy atom. The van der Waals surface area contributed by atoms with E-state index in [9.17, 15) is 9.59 Å². The molecule has 0 fully saturated rings. The second kappa shape index (κ2) is 6.90. The smallest absolute Gasteiger partial charge is 0.251 e. The molecule has 1 atom stereocenters. The Balaban J connectivity index is 2.09. The summed E-state index contributed by atoms with van der Waals surface area (Å²) in [6.07, 6.45) is 0.300. The molecule has 4 nitrogen and oxygen atoms in total. The molecule has 0 radical (unpaired) electrons. The Kier molecular flexibility index (Phi) is 4.95. The molecule has 0 aliphatic heterocycles. The van der Waals surface area contributed by atoms with Crippen molar-refractivity contribution < 1.29 is 9.59 Å². The second-order valence-corrected chi connectivity index (χ2v) is 5.06. The highest BCUT2D eigenvalue weighted by Gasteiger charge is 2.19. The predicted molar refractivity (Wildman–Crippen MR) is 82.0 cm³/mol. The lowest BCUT2D eigenvalue weighted by atomic mass is 10.0. The average Bonchev–Trinajstić information content (AvgIpc) is 2.47.